The van der Waals surface area contributed by atoms with Crippen LogP contribution in [0.5, 0.6) is 11.5 Å². The first kappa shape index (κ1) is 20.3. The molecule has 26 heavy (non-hydrogen) atoms. The maximum Gasteiger partial charge on any atom is 0.344 e. The summed E-state index contributed by atoms with van der Waals surface area (Å²) in [4.78, 5) is 26.0. The molecule has 0 spiro atoms. The maximum atomic E-state index is 12.4. The van der Waals surface area contributed by atoms with Crippen LogP contribution in [0.1, 0.15) is 25.8 Å². The molecule has 1 heterocycles. The number of methoxy groups -OCH3 is 1. The van der Waals surface area contributed by atoms with Crippen LogP contribution in [0.2, 0.25) is 0 Å². The number of hydrogen-bond donors (Lipinski definition) is 0. The molecule has 1 fully saturated rings. The molecule has 2 rings (SSSR count). The van der Waals surface area contributed by atoms with Crippen LogP contribution in [-0.2, 0) is 14.3 Å². The molecule has 140 valence electrons. The molecule has 1 aliphatic heterocycles. The van der Waals surface area contributed by atoms with Crippen LogP contribution >= 0.6 is 24.0 Å². The highest BCUT2D eigenvalue weighted by Gasteiger charge is 2.31. The predicted molar refractivity (Wildman–Crippen MR) is 105 cm³/mol. The van der Waals surface area contributed by atoms with Gasteiger partial charge in [0, 0.05) is 6.54 Å². The average Bonchev–Trinajstić information content (AvgIpc) is 2.88. The van der Waals surface area contributed by atoms with Crippen molar-refractivity contribution in [3.63, 3.8) is 0 Å². The zero-order chi connectivity index (χ0) is 19.1. The number of carbonyl (C=O) groups is 2. The minimum absolute atomic E-state index is 0.0801. The molecule has 1 aromatic rings. The summed E-state index contributed by atoms with van der Waals surface area (Å²) in [5, 5.41) is 0. The van der Waals surface area contributed by atoms with Crippen molar-refractivity contribution in [3.8, 4) is 11.5 Å². The summed E-state index contributed by atoms with van der Waals surface area (Å²) < 4.78 is 16.2. The Bertz CT molecular complexity index is 732. The van der Waals surface area contributed by atoms with Crippen molar-refractivity contribution >= 4 is 46.3 Å². The highest BCUT2D eigenvalue weighted by molar-refractivity contribution is 8.26. The largest absolute Gasteiger partial charge is 0.493 e. The fourth-order valence-electron chi connectivity index (χ4n) is 2.30. The fraction of sp³-hybridized carbons (Fsp3) is 0.389. The van der Waals surface area contributed by atoms with Crippen LogP contribution in [-0.4, -0.2) is 48.0 Å². The summed E-state index contributed by atoms with van der Waals surface area (Å²) in [6.07, 6.45) is 2.62. The van der Waals surface area contributed by atoms with E-state index >= 15 is 0 Å². The molecule has 0 aromatic heterocycles. The van der Waals surface area contributed by atoms with Gasteiger partial charge in [-0.2, -0.15) is 0 Å². The number of esters is 1. The molecular formula is C18H21NO5S2. The van der Waals surface area contributed by atoms with Gasteiger partial charge in [0.15, 0.2) is 18.1 Å². The van der Waals surface area contributed by atoms with E-state index in [0.29, 0.717) is 33.9 Å². The molecule has 0 unspecified atom stereocenters. The number of hydrogen-bond acceptors (Lipinski definition) is 7. The Hall–Kier alpha value is -2.06. The van der Waals surface area contributed by atoms with Gasteiger partial charge in [0.1, 0.15) is 4.32 Å². The summed E-state index contributed by atoms with van der Waals surface area (Å²) in [6, 6.07) is 5.22. The third kappa shape index (κ3) is 4.98. The van der Waals surface area contributed by atoms with Crippen LogP contribution in [0.4, 0.5) is 0 Å². The van der Waals surface area contributed by atoms with Crippen LogP contribution in [0.15, 0.2) is 23.1 Å². The Balaban J connectivity index is 2.15. The van der Waals surface area contributed by atoms with E-state index in [2.05, 4.69) is 0 Å². The van der Waals surface area contributed by atoms with E-state index in [1.165, 1.54) is 18.9 Å². The minimum Gasteiger partial charge on any atom is -0.493 e. The zero-order valence-electron chi connectivity index (χ0n) is 14.9. The molecule has 1 aromatic carbocycles. The summed E-state index contributed by atoms with van der Waals surface area (Å²) in [5.41, 5.74) is 0.780. The van der Waals surface area contributed by atoms with Gasteiger partial charge in [0.2, 0.25) is 0 Å². The third-order valence-corrected chi connectivity index (χ3v) is 4.83. The second-order valence-corrected chi connectivity index (χ2v) is 7.01. The maximum absolute atomic E-state index is 12.4. The molecular weight excluding hydrogens is 374 g/mol. The zero-order valence-corrected chi connectivity index (χ0v) is 16.6. The van der Waals surface area contributed by atoms with E-state index < -0.39 is 5.97 Å². The van der Waals surface area contributed by atoms with Crippen molar-refractivity contribution in [2.45, 2.75) is 20.3 Å². The first-order chi connectivity index (χ1) is 12.5. The number of thioether (sulfide) groups is 1. The number of benzene rings is 1. The lowest BCUT2D eigenvalue weighted by atomic mass is 10.2. The van der Waals surface area contributed by atoms with Crippen molar-refractivity contribution in [1.29, 1.82) is 0 Å². The Labute approximate surface area is 162 Å². The molecule has 6 nitrogen and oxygen atoms in total. The molecule has 0 aliphatic carbocycles. The number of carbonyl (C=O) groups excluding carboxylic acids is 2. The second kappa shape index (κ2) is 9.59. The van der Waals surface area contributed by atoms with Gasteiger partial charge < -0.3 is 14.2 Å². The lowest BCUT2D eigenvalue weighted by Crippen LogP contribution is -2.28. The molecule has 8 heteroatoms. The van der Waals surface area contributed by atoms with E-state index in [1.54, 1.807) is 36.1 Å². The van der Waals surface area contributed by atoms with Gasteiger partial charge in [-0.05, 0) is 37.1 Å². The van der Waals surface area contributed by atoms with Crippen molar-refractivity contribution in [1.82, 2.24) is 4.90 Å². The van der Waals surface area contributed by atoms with Gasteiger partial charge >= 0.3 is 5.97 Å². The topological polar surface area (TPSA) is 65.1 Å². The first-order valence-electron chi connectivity index (χ1n) is 8.22. The van der Waals surface area contributed by atoms with Crippen molar-refractivity contribution in [2.24, 2.45) is 0 Å². The molecule has 0 bridgehead atoms. The number of thiocarbonyl (C=S) groups is 1. The van der Waals surface area contributed by atoms with Gasteiger partial charge in [0.05, 0.1) is 18.6 Å². The van der Waals surface area contributed by atoms with Crippen molar-refractivity contribution in [3.05, 3.63) is 28.7 Å². The van der Waals surface area contributed by atoms with Crippen molar-refractivity contribution < 1.29 is 23.8 Å². The second-order valence-electron chi connectivity index (χ2n) is 5.34. The number of amides is 1. The van der Waals surface area contributed by atoms with Crippen LogP contribution in [0.3, 0.4) is 0 Å². The monoisotopic (exact) mass is 395 g/mol. The molecule has 0 radical (unpaired) electrons. The minimum atomic E-state index is -0.446. The van der Waals surface area contributed by atoms with Gasteiger partial charge in [-0.1, -0.05) is 37.0 Å². The molecule has 1 amide bonds. The van der Waals surface area contributed by atoms with E-state index in [4.69, 9.17) is 26.4 Å². The van der Waals surface area contributed by atoms with E-state index in [0.717, 1.165) is 12.0 Å². The molecule has 1 saturated heterocycles. The molecule has 1 aliphatic rings. The number of nitrogens with zero attached hydrogens (tertiary/aromatic N) is 1. The van der Waals surface area contributed by atoms with E-state index in [1.807, 2.05) is 6.92 Å². The molecule has 0 saturated carbocycles. The average molecular weight is 396 g/mol. The van der Waals surface area contributed by atoms with Crippen LogP contribution in [0, 0.1) is 0 Å². The standard InChI is InChI=1S/C18H21NO5S2/c1-4-8-19-17(21)15(26-18(19)25)10-12-6-7-13(14(9-12)22-3)24-11-16(20)23-5-2/h6-7,9-10H,4-5,8,11H2,1-3H3/b15-10+. The van der Waals surface area contributed by atoms with E-state index in [9.17, 15) is 9.59 Å². The van der Waals surface area contributed by atoms with Crippen LogP contribution in [0.25, 0.3) is 6.08 Å². The highest BCUT2D eigenvalue weighted by Crippen LogP contribution is 2.34. The lowest BCUT2D eigenvalue weighted by Gasteiger charge is -2.12. The number of ether oxygens (including phenoxy) is 3. The van der Waals surface area contributed by atoms with Crippen LogP contribution < -0.4 is 9.47 Å². The van der Waals surface area contributed by atoms with Gasteiger partial charge in [-0.15, -0.1) is 0 Å². The first-order valence-corrected chi connectivity index (χ1v) is 9.44. The summed E-state index contributed by atoms with van der Waals surface area (Å²) >= 11 is 6.55. The molecule has 0 N–H and O–H groups in total. The normalized spacial score (nSPS) is 15.5. The highest BCUT2D eigenvalue weighted by atomic mass is 32.2. The Kier molecular flexibility index (Phi) is 7.47. The summed E-state index contributed by atoms with van der Waals surface area (Å²) in [5.74, 6) is 0.366. The lowest BCUT2D eigenvalue weighted by molar-refractivity contribution is -0.145. The van der Waals surface area contributed by atoms with Gasteiger partial charge in [-0.25, -0.2) is 4.79 Å². The Morgan fingerprint density at radius 3 is 2.73 bits per heavy atom. The van der Waals surface area contributed by atoms with E-state index in [-0.39, 0.29) is 12.5 Å². The molecule has 0 atom stereocenters. The van der Waals surface area contributed by atoms with Crippen molar-refractivity contribution in [2.75, 3.05) is 26.9 Å². The Morgan fingerprint density at radius 1 is 1.31 bits per heavy atom. The Morgan fingerprint density at radius 2 is 2.08 bits per heavy atom. The van der Waals surface area contributed by atoms with Gasteiger partial charge in [0.25, 0.3) is 5.91 Å². The predicted octanol–water partition coefficient (Wildman–Crippen LogP) is 3.25. The summed E-state index contributed by atoms with van der Waals surface area (Å²) in [6.45, 7) is 4.46. The fourth-order valence-corrected chi connectivity index (χ4v) is 3.61. The quantitative estimate of drug-likeness (QED) is 0.380. The van der Waals surface area contributed by atoms with Gasteiger partial charge in [-0.3, -0.25) is 9.69 Å². The SMILES string of the molecule is CCCN1C(=O)/C(=C\c2ccc(OCC(=O)OCC)c(OC)c2)SC1=S. The number of rotatable bonds is 8. The summed E-state index contributed by atoms with van der Waals surface area (Å²) in [7, 11) is 1.51. The smallest absolute Gasteiger partial charge is 0.344 e. The third-order valence-electron chi connectivity index (χ3n) is 3.46.